The van der Waals surface area contributed by atoms with Crippen LogP contribution in [0.4, 0.5) is 0 Å². The zero-order valence-corrected chi connectivity index (χ0v) is 10.5. The number of nitrogens with two attached hydrogens (primary N) is 1. The summed E-state index contributed by atoms with van der Waals surface area (Å²) in [4.78, 5) is 6.98. The van der Waals surface area contributed by atoms with E-state index in [0.29, 0.717) is 12.0 Å². The van der Waals surface area contributed by atoms with Crippen LogP contribution < -0.4 is 5.73 Å². The minimum Gasteiger partial charge on any atom is -0.333 e. The van der Waals surface area contributed by atoms with Crippen molar-refractivity contribution in [3.8, 4) is 0 Å². The number of aryl methyl sites for hydroxylation is 1. The molecule has 2 N–H and O–H groups in total. The molecular weight excluding hydrogens is 212 g/mol. The third kappa shape index (κ3) is 1.89. The monoisotopic (exact) mass is 234 g/mol. The van der Waals surface area contributed by atoms with Crippen molar-refractivity contribution in [3.05, 3.63) is 18.2 Å². The van der Waals surface area contributed by atoms with Crippen molar-refractivity contribution < 1.29 is 0 Å². The van der Waals surface area contributed by atoms with Crippen LogP contribution in [0.3, 0.4) is 0 Å². The average molecular weight is 234 g/mol. The molecule has 1 aromatic rings. The fraction of sp³-hybridized carbons (Fsp3) is 0.769. The molecule has 0 bridgehead atoms. The van der Waals surface area contributed by atoms with Crippen molar-refractivity contribution in [3.63, 3.8) is 0 Å². The van der Waals surface area contributed by atoms with Crippen molar-refractivity contribution >= 4 is 0 Å². The molecule has 0 amide bonds. The summed E-state index contributed by atoms with van der Waals surface area (Å²) < 4.78 is 2.27. The first-order valence-corrected chi connectivity index (χ1v) is 6.81. The van der Waals surface area contributed by atoms with E-state index in [1.165, 1.54) is 31.5 Å². The molecule has 1 saturated heterocycles. The summed E-state index contributed by atoms with van der Waals surface area (Å²) in [5.41, 5.74) is 7.32. The molecule has 2 fully saturated rings. The Labute approximate surface area is 103 Å². The lowest BCUT2D eigenvalue weighted by Crippen LogP contribution is -2.31. The second-order valence-corrected chi connectivity index (χ2v) is 5.30. The molecule has 2 atom stereocenters. The van der Waals surface area contributed by atoms with E-state index >= 15 is 0 Å². The molecule has 1 aliphatic carbocycles. The topological polar surface area (TPSA) is 47.1 Å². The van der Waals surface area contributed by atoms with Gasteiger partial charge in [0, 0.05) is 18.8 Å². The number of rotatable bonds is 4. The highest BCUT2D eigenvalue weighted by Crippen LogP contribution is 2.43. The first kappa shape index (κ1) is 11.2. The highest BCUT2D eigenvalue weighted by Gasteiger charge is 2.43. The zero-order chi connectivity index (χ0) is 11.8. The molecule has 4 nitrogen and oxygen atoms in total. The van der Waals surface area contributed by atoms with Crippen LogP contribution in [0.5, 0.6) is 0 Å². The van der Waals surface area contributed by atoms with Gasteiger partial charge in [-0.05, 0) is 45.2 Å². The number of imidazole rings is 1. The fourth-order valence-corrected chi connectivity index (χ4v) is 3.20. The maximum absolute atomic E-state index is 5.95. The average Bonchev–Trinajstić information content (AvgIpc) is 2.95. The van der Waals surface area contributed by atoms with Crippen molar-refractivity contribution in [2.75, 3.05) is 13.1 Å². The van der Waals surface area contributed by atoms with Gasteiger partial charge in [-0.25, -0.2) is 4.98 Å². The number of hydrogen-bond donors (Lipinski definition) is 1. The summed E-state index contributed by atoms with van der Waals surface area (Å²) in [6.45, 7) is 5.19. The van der Waals surface area contributed by atoms with Gasteiger partial charge in [0.05, 0.1) is 18.1 Å². The van der Waals surface area contributed by atoms with Gasteiger partial charge in [-0.2, -0.15) is 0 Å². The summed E-state index contributed by atoms with van der Waals surface area (Å²) in [5, 5.41) is 0. The van der Waals surface area contributed by atoms with Crippen LogP contribution in [0.15, 0.2) is 12.5 Å². The van der Waals surface area contributed by atoms with E-state index in [9.17, 15) is 0 Å². The molecule has 1 aliphatic heterocycles. The van der Waals surface area contributed by atoms with Gasteiger partial charge in [0.25, 0.3) is 0 Å². The van der Waals surface area contributed by atoms with E-state index < -0.39 is 0 Å². The van der Waals surface area contributed by atoms with E-state index in [1.54, 1.807) is 0 Å². The van der Waals surface area contributed by atoms with E-state index in [1.807, 2.05) is 12.5 Å². The molecule has 1 aromatic heterocycles. The van der Waals surface area contributed by atoms with Crippen molar-refractivity contribution in [1.82, 2.24) is 14.5 Å². The van der Waals surface area contributed by atoms with Crippen LogP contribution in [0, 0.1) is 5.92 Å². The maximum Gasteiger partial charge on any atom is 0.0948 e. The molecular formula is C13H22N4. The van der Waals surface area contributed by atoms with Crippen LogP contribution in [0.2, 0.25) is 0 Å². The molecule has 17 heavy (non-hydrogen) atoms. The second kappa shape index (κ2) is 4.42. The number of nitrogens with zero attached hydrogens (tertiary/aromatic N) is 3. The quantitative estimate of drug-likeness (QED) is 0.856. The molecule has 2 heterocycles. The summed E-state index contributed by atoms with van der Waals surface area (Å²) >= 11 is 0. The Morgan fingerprint density at radius 1 is 1.41 bits per heavy atom. The zero-order valence-electron chi connectivity index (χ0n) is 10.5. The first-order chi connectivity index (χ1) is 8.35. The van der Waals surface area contributed by atoms with E-state index in [4.69, 9.17) is 5.73 Å². The first-order valence-electron chi connectivity index (χ1n) is 6.81. The third-order valence-corrected chi connectivity index (χ3v) is 4.27. The smallest absolute Gasteiger partial charge is 0.0948 e. The summed E-state index contributed by atoms with van der Waals surface area (Å²) in [6, 6.07) is 1.33. The van der Waals surface area contributed by atoms with Gasteiger partial charge >= 0.3 is 0 Å². The Kier molecular flexibility index (Phi) is 2.92. The lowest BCUT2D eigenvalue weighted by atomic mass is 9.98. The third-order valence-electron chi connectivity index (χ3n) is 4.27. The molecule has 2 unspecified atom stereocenters. The van der Waals surface area contributed by atoms with Crippen molar-refractivity contribution in [1.29, 1.82) is 0 Å². The second-order valence-electron chi connectivity index (χ2n) is 5.30. The largest absolute Gasteiger partial charge is 0.333 e. The minimum absolute atomic E-state index is 0.509. The maximum atomic E-state index is 5.95. The number of likely N-dealkylation sites (tertiary alicyclic amines) is 1. The Morgan fingerprint density at radius 3 is 2.88 bits per heavy atom. The Morgan fingerprint density at radius 2 is 2.24 bits per heavy atom. The highest BCUT2D eigenvalue weighted by molar-refractivity contribution is 5.12. The van der Waals surface area contributed by atoms with Crippen LogP contribution in [-0.2, 0) is 6.54 Å². The lowest BCUT2D eigenvalue weighted by molar-refractivity contribution is 0.211. The SMILES string of the molecule is CCn1cncc1C1C(CN)CCN1C1CC1. The Bertz CT molecular complexity index is 383. The predicted octanol–water partition coefficient (Wildman–Crippen LogP) is 1.39. The van der Waals surface area contributed by atoms with Crippen LogP contribution in [0.25, 0.3) is 0 Å². The number of aromatic nitrogens is 2. The van der Waals surface area contributed by atoms with Gasteiger partial charge in [-0.1, -0.05) is 0 Å². The molecule has 0 spiro atoms. The summed E-state index contributed by atoms with van der Waals surface area (Å²) in [5.74, 6) is 0.609. The van der Waals surface area contributed by atoms with Crippen molar-refractivity contribution in [2.24, 2.45) is 11.7 Å². The molecule has 1 saturated carbocycles. The van der Waals surface area contributed by atoms with Crippen molar-refractivity contribution in [2.45, 2.75) is 44.8 Å². The fourth-order valence-electron chi connectivity index (χ4n) is 3.20. The molecule has 0 radical (unpaired) electrons. The molecule has 0 aromatic carbocycles. The van der Waals surface area contributed by atoms with Gasteiger partial charge in [0.15, 0.2) is 0 Å². The summed E-state index contributed by atoms with van der Waals surface area (Å²) in [6.07, 6.45) is 7.97. The Hall–Kier alpha value is -0.870. The predicted molar refractivity (Wildman–Crippen MR) is 67.5 cm³/mol. The number of hydrogen-bond acceptors (Lipinski definition) is 3. The molecule has 94 valence electrons. The lowest BCUT2D eigenvalue weighted by Gasteiger charge is -2.28. The van der Waals surface area contributed by atoms with Crippen LogP contribution >= 0.6 is 0 Å². The van der Waals surface area contributed by atoms with Crippen LogP contribution in [-0.4, -0.2) is 33.6 Å². The van der Waals surface area contributed by atoms with E-state index in [-0.39, 0.29) is 0 Å². The van der Waals surface area contributed by atoms with E-state index in [0.717, 1.165) is 19.1 Å². The van der Waals surface area contributed by atoms with E-state index in [2.05, 4.69) is 21.4 Å². The highest BCUT2D eigenvalue weighted by atomic mass is 15.3. The summed E-state index contributed by atoms with van der Waals surface area (Å²) in [7, 11) is 0. The molecule has 4 heteroatoms. The van der Waals surface area contributed by atoms with Gasteiger partial charge in [0.2, 0.25) is 0 Å². The molecule has 3 rings (SSSR count). The van der Waals surface area contributed by atoms with Gasteiger partial charge in [0.1, 0.15) is 0 Å². The molecule has 2 aliphatic rings. The van der Waals surface area contributed by atoms with Gasteiger partial charge in [-0.3, -0.25) is 4.90 Å². The van der Waals surface area contributed by atoms with Gasteiger partial charge in [-0.15, -0.1) is 0 Å². The Balaban J connectivity index is 1.90. The van der Waals surface area contributed by atoms with Crippen LogP contribution in [0.1, 0.15) is 37.9 Å². The van der Waals surface area contributed by atoms with Gasteiger partial charge < -0.3 is 10.3 Å². The minimum atomic E-state index is 0.509. The normalized spacial score (nSPS) is 30.0. The standard InChI is InChI=1S/C13H22N4/c1-2-16-9-15-8-12(16)13-10(7-14)5-6-17(13)11-3-4-11/h8-11,13H,2-7,14H2,1H3.